The molecular weight excluding hydrogens is 428 g/mol. The molecule has 2 aromatic rings. The van der Waals surface area contributed by atoms with Crippen molar-refractivity contribution < 1.29 is 19.7 Å². The van der Waals surface area contributed by atoms with Gasteiger partial charge in [-0.15, -0.1) is 0 Å². The molecule has 0 aliphatic heterocycles. The molecule has 150 valence electrons. The van der Waals surface area contributed by atoms with Gasteiger partial charge < -0.3 is 26.0 Å². The Morgan fingerprint density at radius 3 is 2.54 bits per heavy atom. The van der Waals surface area contributed by atoms with Crippen LogP contribution in [-0.4, -0.2) is 58.6 Å². The fraction of sp³-hybridized carbons (Fsp3) is 0.316. The van der Waals surface area contributed by atoms with Crippen LogP contribution in [0.1, 0.15) is 17.0 Å². The monoisotopic (exact) mass is 450 g/mol. The molecule has 8 nitrogen and oxygen atoms in total. The number of hydrogen-bond donors (Lipinski definition) is 4. The van der Waals surface area contributed by atoms with Crippen LogP contribution in [0.25, 0.3) is 5.57 Å². The summed E-state index contributed by atoms with van der Waals surface area (Å²) in [5, 5.41) is 20.5. The second kappa shape index (κ2) is 11.5. The van der Waals surface area contributed by atoms with Crippen LogP contribution in [0.2, 0.25) is 0 Å². The third-order valence-corrected chi connectivity index (χ3v) is 4.26. The largest absolute Gasteiger partial charge is 0.404 e. The van der Waals surface area contributed by atoms with E-state index in [0.29, 0.717) is 6.42 Å². The molecule has 0 saturated carbocycles. The number of aliphatic hydroxyl groups excluding tert-OH is 2. The highest BCUT2D eigenvalue weighted by Gasteiger charge is 2.14. The number of nitrogens with two attached hydrogens (primary N) is 1. The Morgan fingerprint density at radius 2 is 1.93 bits per heavy atom. The summed E-state index contributed by atoms with van der Waals surface area (Å²) < 4.78 is 6.14. The maximum atomic E-state index is 12.2. The number of amides is 1. The van der Waals surface area contributed by atoms with Crippen LogP contribution >= 0.6 is 15.9 Å². The number of nitrogens with zero attached hydrogens (tertiary/aromatic N) is 2. The van der Waals surface area contributed by atoms with Gasteiger partial charge in [-0.05, 0) is 23.3 Å². The lowest BCUT2D eigenvalue weighted by atomic mass is 10.1. The van der Waals surface area contributed by atoms with Crippen molar-refractivity contribution in [3.8, 4) is 0 Å². The molecule has 0 bridgehead atoms. The van der Waals surface area contributed by atoms with Crippen LogP contribution in [0, 0.1) is 0 Å². The van der Waals surface area contributed by atoms with Gasteiger partial charge in [-0.1, -0.05) is 28.1 Å². The van der Waals surface area contributed by atoms with Crippen LogP contribution in [0.3, 0.4) is 0 Å². The van der Waals surface area contributed by atoms with Gasteiger partial charge in [0.1, 0.15) is 6.10 Å². The zero-order valence-electron chi connectivity index (χ0n) is 15.2. The second-order valence-corrected chi connectivity index (χ2v) is 6.88. The molecule has 9 heteroatoms. The fourth-order valence-corrected chi connectivity index (χ4v) is 2.54. The summed E-state index contributed by atoms with van der Waals surface area (Å²) in [5.74, 6) is -0.189. The molecule has 5 N–H and O–H groups in total. The number of rotatable bonds is 10. The van der Waals surface area contributed by atoms with E-state index in [4.69, 9.17) is 20.7 Å². The van der Waals surface area contributed by atoms with Crippen molar-refractivity contribution in [3.05, 3.63) is 64.3 Å². The van der Waals surface area contributed by atoms with Gasteiger partial charge in [0, 0.05) is 36.0 Å². The SMILES string of the molecule is N/C=C(/C(=O)NCCOCC(O)CO)c1ncc(Cc2ccc(Br)cc2)cn1. The van der Waals surface area contributed by atoms with Crippen molar-refractivity contribution >= 4 is 27.4 Å². The molecule has 0 radical (unpaired) electrons. The lowest BCUT2D eigenvalue weighted by Gasteiger charge is -2.10. The minimum atomic E-state index is -0.931. The van der Waals surface area contributed by atoms with E-state index in [-0.39, 0.29) is 37.8 Å². The third-order valence-electron chi connectivity index (χ3n) is 3.73. The van der Waals surface area contributed by atoms with Crippen molar-refractivity contribution in [2.45, 2.75) is 12.5 Å². The van der Waals surface area contributed by atoms with E-state index in [1.54, 1.807) is 12.4 Å². The number of ether oxygens (including phenoxy) is 1. The Hall–Kier alpha value is -2.33. The highest BCUT2D eigenvalue weighted by Crippen LogP contribution is 2.14. The first kappa shape index (κ1) is 22.0. The number of hydrogen-bond acceptors (Lipinski definition) is 7. The van der Waals surface area contributed by atoms with Crippen molar-refractivity contribution in [1.82, 2.24) is 15.3 Å². The lowest BCUT2D eigenvalue weighted by molar-refractivity contribution is -0.115. The van der Waals surface area contributed by atoms with Gasteiger partial charge in [-0.2, -0.15) is 0 Å². The summed E-state index contributed by atoms with van der Waals surface area (Å²) in [5.41, 5.74) is 7.77. The molecule has 28 heavy (non-hydrogen) atoms. The highest BCUT2D eigenvalue weighted by atomic mass is 79.9. The summed E-state index contributed by atoms with van der Waals surface area (Å²) in [7, 11) is 0. The molecule has 0 aliphatic rings. The van der Waals surface area contributed by atoms with E-state index >= 15 is 0 Å². The zero-order chi connectivity index (χ0) is 20.4. The normalized spacial score (nSPS) is 12.6. The molecule has 0 saturated heterocycles. The van der Waals surface area contributed by atoms with Crippen LogP contribution in [0.15, 0.2) is 47.3 Å². The fourth-order valence-electron chi connectivity index (χ4n) is 2.28. The maximum absolute atomic E-state index is 12.2. The topological polar surface area (TPSA) is 131 Å². The molecule has 1 amide bonds. The van der Waals surface area contributed by atoms with E-state index in [0.717, 1.165) is 21.8 Å². The van der Waals surface area contributed by atoms with E-state index < -0.39 is 12.0 Å². The third kappa shape index (κ3) is 7.01. The first-order valence-corrected chi connectivity index (χ1v) is 9.45. The van der Waals surface area contributed by atoms with E-state index in [1.807, 2.05) is 24.3 Å². The molecule has 0 spiro atoms. The minimum absolute atomic E-state index is 0.00506. The van der Waals surface area contributed by atoms with E-state index in [2.05, 4.69) is 31.2 Å². The summed E-state index contributed by atoms with van der Waals surface area (Å²) in [6.07, 6.45) is 4.24. The number of halogens is 1. The average molecular weight is 451 g/mol. The lowest BCUT2D eigenvalue weighted by Crippen LogP contribution is -2.30. The first-order chi connectivity index (χ1) is 13.5. The summed E-state index contributed by atoms with van der Waals surface area (Å²) in [6, 6.07) is 7.97. The van der Waals surface area contributed by atoms with E-state index in [1.165, 1.54) is 0 Å². The predicted molar refractivity (Wildman–Crippen MR) is 108 cm³/mol. The van der Waals surface area contributed by atoms with Crippen LogP contribution < -0.4 is 11.1 Å². The Balaban J connectivity index is 1.87. The number of aromatic nitrogens is 2. The minimum Gasteiger partial charge on any atom is -0.404 e. The Morgan fingerprint density at radius 1 is 1.25 bits per heavy atom. The molecule has 1 aromatic heterocycles. The first-order valence-electron chi connectivity index (χ1n) is 8.66. The molecule has 0 aliphatic carbocycles. The Kier molecular flexibility index (Phi) is 9.02. The van der Waals surface area contributed by atoms with Crippen molar-refractivity contribution in [2.24, 2.45) is 5.73 Å². The number of carbonyl (C=O) groups excluding carboxylic acids is 1. The molecule has 1 heterocycles. The van der Waals surface area contributed by atoms with Gasteiger partial charge >= 0.3 is 0 Å². The molecular formula is C19H23BrN4O4. The van der Waals surface area contributed by atoms with Crippen LogP contribution in [0.4, 0.5) is 0 Å². The van der Waals surface area contributed by atoms with Crippen molar-refractivity contribution in [1.29, 1.82) is 0 Å². The van der Waals surface area contributed by atoms with Gasteiger partial charge in [0.05, 0.1) is 25.4 Å². The standard InChI is InChI=1S/C19H23BrN4O4/c20-15-3-1-13(2-4-15)7-14-9-23-18(24-10-14)17(8-21)19(27)22-5-6-28-12-16(26)11-25/h1-4,8-10,16,25-26H,5-7,11-12,21H2,(H,22,27)/b17-8+. The van der Waals surface area contributed by atoms with Crippen molar-refractivity contribution in [3.63, 3.8) is 0 Å². The van der Waals surface area contributed by atoms with Crippen LogP contribution in [-0.2, 0) is 16.0 Å². The predicted octanol–water partition coefficient (Wildman–Crippen LogP) is 0.616. The van der Waals surface area contributed by atoms with Crippen molar-refractivity contribution in [2.75, 3.05) is 26.4 Å². The second-order valence-electron chi connectivity index (χ2n) is 5.97. The van der Waals surface area contributed by atoms with Crippen LogP contribution in [0.5, 0.6) is 0 Å². The quantitative estimate of drug-likeness (QED) is 0.308. The number of aliphatic hydroxyl groups is 2. The van der Waals surface area contributed by atoms with Gasteiger partial charge in [0.25, 0.3) is 5.91 Å². The van der Waals surface area contributed by atoms with Gasteiger partial charge in [0.15, 0.2) is 5.82 Å². The van der Waals surface area contributed by atoms with Gasteiger partial charge in [-0.25, -0.2) is 9.97 Å². The van der Waals surface area contributed by atoms with Gasteiger partial charge in [0.2, 0.25) is 0 Å². The molecule has 1 aromatic carbocycles. The molecule has 1 unspecified atom stereocenters. The summed E-state index contributed by atoms with van der Waals surface area (Å²) in [4.78, 5) is 20.7. The smallest absolute Gasteiger partial charge is 0.256 e. The zero-order valence-corrected chi connectivity index (χ0v) is 16.8. The number of nitrogens with one attached hydrogen (secondary N) is 1. The Bertz CT molecular complexity index is 782. The Labute approximate surface area is 171 Å². The molecule has 1 atom stereocenters. The number of carbonyl (C=O) groups is 1. The van der Waals surface area contributed by atoms with E-state index in [9.17, 15) is 4.79 Å². The number of benzene rings is 1. The molecule has 0 fully saturated rings. The van der Waals surface area contributed by atoms with Gasteiger partial charge in [-0.3, -0.25) is 4.79 Å². The summed E-state index contributed by atoms with van der Waals surface area (Å²) in [6.45, 7) is 0.0279. The summed E-state index contributed by atoms with van der Waals surface area (Å²) >= 11 is 3.40. The maximum Gasteiger partial charge on any atom is 0.256 e. The highest BCUT2D eigenvalue weighted by molar-refractivity contribution is 9.10. The molecule has 2 rings (SSSR count). The average Bonchev–Trinajstić information content (AvgIpc) is 2.71.